The Balaban J connectivity index is 2.15. The maximum absolute atomic E-state index is 12.8. The van der Waals surface area contributed by atoms with Crippen molar-refractivity contribution in [1.29, 1.82) is 0 Å². The van der Waals surface area contributed by atoms with Crippen molar-refractivity contribution in [1.82, 2.24) is 0 Å². The summed E-state index contributed by atoms with van der Waals surface area (Å²) in [6.45, 7) is 4.88. The minimum atomic E-state index is -0.667. The number of esters is 2. The average Bonchev–Trinajstić information content (AvgIpc) is 2.96. The van der Waals surface area contributed by atoms with E-state index in [0.717, 1.165) is 0 Å². The molecule has 2 aliphatic rings. The first-order valence-corrected chi connectivity index (χ1v) is 10.7. The molecule has 9 heteroatoms. The van der Waals surface area contributed by atoms with E-state index in [1.807, 2.05) is 0 Å². The molecule has 0 aromatic heterocycles. The number of nitrogens with one attached hydrogen (secondary N) is 1. The number of azo groups is 1. The minimum Gasteiger partial charge on any atom is -0.497 e. The summed E-state index contributed by atoms with van der Waals surface area (Å²) in [6, 6.07) is 13.7. The molecule has 1 amide bonds. The van der Waals surface area contributed by atoms with Gasteiger partial charge in [-0.3, -0.25) is 4.79 Å². The van der Waals surface area contributed by atoms with E-state index in [9.17, 15) is 14.4 Å². The Kier molecular flexibility index (Phi) is 7.92. The third kappa shape index (κ3) is 5.37. The molecule has 0 aliphatic heterocycles. The van der Waals surface area contributed by atoms with Gasteiger partial charge in [0.1, 0.15) is 5.75 Å². The zero-order valence-corrected chi connectivity index (χ0v) is 19.4. The molecule has 0 heterocycles. The molecule has 34 heavy (non-hydrogen) atoms. The van der Waals surface area contributed by atoms with Crippen molar-refractivity contribution in [3.8, 4) is 16.9 Å². The average molecular weight is 463 g/mol. The molecular weight excluding hydrogens is 438 g/mol. The summed E-state index contributed by atoms with van der Waals surface area (Å²) in [6.07, 6.45) is 0. The Morgan fingerprint density at radius 1 is 0.765 bits per heavy atom. The van der Waals surface area contributed by atoms with Gasteiger partial charge in [-0.1, -0.05) is 12.1 Å². The topological polar surface area (TPSA) is 116 Å². The molecule has 0 fully saturated rings. The molecule has 0 saturated carbocycles. The number of ether oxygens (including phenoxy) is 3. The molecule has 0 spiro atoms. The highest BCUT2D eigenvalue weighted by atomic mass is 16.5. The molecular formula is C25H25N3O6. The summed E-state index contributed by atoms with van der Waals surface area (Å²) in [4.78, 5) is 37.5. The lowest BCUT2D eigenvalue weighted by Crippen LogP contribution is -2.15. The molecule has 0 radical (unpaired) electrons. The molecule has 1 aromatic carbocycles. The molecule has 3 rings (SSSR count). The van der Waals surface area contributed by atoms with Crippen LogP contribution in [-0.4, -0.2) is 38.2 Å². The van der Waals surface area contributed by atoms with Crippen LogP contribution < -0.4 is 10.1 Å². The van der Waals surface area contributed by atoms with Crippen molar-refractivity contribution < 1.29 is 28.6 Å². The van der Waals surface area contributed by atoms with Crippen molar-refractivity contribution in [2.24, 2.45) is 10.2 Å². The van der Waals surface area contributed by atoms with Gasteiger partial charge in [-0.05, 0) is 61.4 Å². The molecule has 1 N–H and O–H groups in total. The van der Waals surface area contributed by atoms with Gasteiger partial charge in [0.25, 0.3) is 0 Å². The highest BCUT2D eigenvalue weighted by Crippen LogP contribution is 2.42. The number of hydrogen-bond donors (Lipinski definition) is 1. The molecule has 0 atom stereocenters. The quantitative estimate of drug-likeness (QED) is 0.347. The van der Waals surface area contributed by atoms with Gasteiger partial charge in [0.2, 0.25) is 5.91 Å². The maximum Gasteiger partial charge on any atom is 0.340 e. The number of benzene rings is 1. The monoisotopic (exact) mass is 463 g/mol. The summed E-state index contributed by atoms with van der Waals surface area (Å²) < 4.78 is 15.5. The van der Waals surface area contributed by atoms with Crippen molar-refractivity contribution in [2.45, 2.75) is 20.8 Å². The first-order valence-electron chi connectivity index (χ1n) is 10.7. The van der Waals surface area contributed by atoms with Gasteiger partial charge in [0.15, 0.2) is 0 Å². The lowest BCUT2D eigenvalue weighted by atomic mass is 10.1. The van der Waals surface area contributed by atoms with E-state index in [2.05, 4.69) is 15.5 Å². The first kappa shape index (κ1) is 24.4. The Labute approximate surface area is 197 Å². The van der Waals surface area contributed by atoms with Crippen molar-refractivity contribution in [3.63, 3.8) is 0 Å². The van der Waals surface area contributed by atoms with E-state index < -0.39 is 17.8 Å². The number of fused-ring (bicyclic) bond motifs is 1. The number of rotatable bonds is 8. The number of amides is 1. The van der Waals surface area contributed by atoms with Crippen LogP contribution in [0.3, 0.4) is 0 Å². The second-order valence-corrected chi connectivity index (χ2v) is 7.06. The van der Waals surface area contributed by atoms with Crippen molar-refractivity contribution >= 4 is 34.9 Å². The van der Waals surface area contributed by atoms with Crippen molar-refractivity contribution in [3.05, 3.63) is 59.7 Å². The summed E-state index contributed by atoms with van der Waals surface area (Å²) in [5.74, 6) is -1.07. The van der Waals surface area contributed by atoms with Gasteiger partial charge in [0, 0.05) is 6.92 Å². The predicted octanol–water partition coefficient (Wildman–Crippen LogP) is 5.53. The molecule has 9 nitrogen and oxygen atoms in total. The molecule has 0 saturated heterocycles. The van der Waals surface area contributed by atoms with Crippen LogP contribution in [0.5, 0.6) is 5.75 Å². The fourth-order valence-corrected chi connectivity index (χ4v) is 3.37. The number of nitrogens with zero attached hydrogens (tertiary/aromatic N) is 2. The minimum absolute atomic E-state index is 0.0620. The molecule has 176 valence electrons. The zero-order chi connectivity index (χ0) is 24.7. The fraction of sp³-hybridized carbons (Fsp3) is 0.240. The smallest absolute Gasteiger partial charge is 0.340 e. The van der Waals surface area contributed by atoms with Crippen LogP contribution in [0.1, 0.15) is 41.5 Å². The van der Waals surface area contributed by atoms with E-state index in [1.165, 1.54) is 6.92 Å². The first-order chi connectivity index (χ1) is 16.4. The lowest BCUT2D eigenvalue weighted by Gasteiger charge is -2.08. The van der Waals surface area contributed by atoms with Crippen LogP contribution in [-0.2, 0) is 14.3 Å². The summed E-state index contributed by atoms with van der Waals surface area (Å²) >= 11 is 0. The second kappa shape index (κ2) is 11.0. The standard InChI is InChI=1S/C25H25N3O6/c1-5-33-24(30)21-19-13-9-17(28-27-16-7-11-18(32-4)12-8-16)10-14-20(19)22(25(31)34-6-2)23(21)26-15(3)29/h7-14H,5-6H2,1-4H3,(H,26,29). The van der Waals surface area contributed by atoms with Crippen molar-refractivity contribution in [2.75, 3.05) is 25.6 Å². The van der Waals surface area contributed by atoms with E-state index in [4.69, 9.17) is 14.2 Å². The van der Waals surface area contributed by atoms with E-state index >= 15 is 0 Å². The normalized spacial score (nSPS) is 10.8. The Morgan fingerprint density at radius 3 is 1.59 bits per heavy atom. The van der Waals surface area contributed by atoms with Crippen LogP contribution in [0.15, 0.2) is 58.8 Å². The number of carbonyl (C=O) groups excluding carboxylic acids is 3. The summed E-state index contributed by atoms with van der Waals surface area (Å²) in [5, 5.41) is 11.1. The van der Waals surface area contributed by atoms with Gasteiger partial charge in [-0.15, -0.1) is 0 Å². The zero-order valence-electron chi connectivity index (χ0n) is 19.4. The Morgan fingerprint density at radius 2 is 1.21 bits per heavy atom. The predicted molar refractivity (Wildman–Crippen MR) is 126 cm³/mol. The highest BCUT2D eigenvalue weighted by molar-refractivity contribution is 6.18. The number of carbonyl (C=O) groups is 3. The Hall–Kier alpha value is -4.27. The molecule has 2 aliphatic carbocycles. The fourth-order valence-electron chi connectivity index (χ4n) is 3.37. The van der Waals surface area contributed by atoms with Gasteiger partial charge in [-0.25, -0.2) is 9.59 Å². The van der Waals surface area contributed by atoms with Crippen LogP contribution in [0.2, 0.25) is 0 Å². The van der Waals surface area contributed by atoms with Crippen LogP contribution in [0, 0.1) is 0 Å². The van der Waals surface area contributed by atoms with Gasteiger partial charge in [0.05, 0.1) is 48.5 Å². The highest BCUT2D eigenvalue weighted by Gasteiger charge is 2.32. The number of methoxy groups -OCH3 is 1. The SMILES string of the molecule is CCOC(=O)c1c2ccc(N=Nc3ccc(OC)cc3)ccc-2c(C(=O)OCC)c1NC(C)=O. The molecule has 0 unspecified atom stereocenters. The summed E-state index contributed by atoms with van der Waals surface area (Å²) in [7, 11) is 1.58. The molecule has 0 bridgehead atoms. The number of anilines is 1. The lowest BCUT2D eigenvalue weighted by molar-refractivity contribution is -0.114. The van der Waals surface area contributed by atoms with Gasteiger partial charge >= 0.3 is 11.9 Å². The van der Waals surface area contributed by atoms with Crippen LogP contribution in [0.25, 0.3) is 11.1 Å². The largest absolute Gasteiger partial charge is 0.497 e. The summed E-state index contributed by atoms with van der Waals surface area (Å²) in [5.41, 5.74) is 2.14. The maximum atomic E-state index is 12.8. The second-order valence-electron chi connectivity index (χ2n) is 7.06. The van der Waals surface area contributed by atoms with Gasteiger partial charge < -0.3 is 19.5 Å². The van der Waals surface area contributed by atoms with E-state index in [-0.39, 0.29) is 30.0 Å². The third-order valence-electron chi connectivity index (χ3n) is 4.78. The van der Waals surface area contributed by atoms with E-state index in [1.54, 1.807) is 69.5 Å². The molecule has 1 aromatic rings. The van der Waals surface area contributed by atoms with Crippen LogP contribution in [0.4, 0.5) is 17.1 Å². The number of hydrogen-bond acceptors (Lipinski definition) is 8. The Bertz CT molecular complexity index is 1150. The van der Waals surface area contributed by atoms with E-state index in [0.29, 0.717) is 28.3 Å². The van der Waals surface area contributed by atoms with Gasteiger partial charge in [-0.2, -0.15) is 10.2 Å². The third-order valence-corrected chi connectivity index (χ3v) is 4.78. The van der Waals surface area contributed by atoms with Crippen LogP contribution >= 0.6 is 0 Å².